The predicted molar refractivity (Wildman–Crippen MR) is 112 cm³/mol. The Morgan fingerprint density at radius 3 is 2.48 bits per heavy atom. The third-order valence-corrected chi connectivity index (χ3v) is 8.10. The van der Waals surface area contributed by atoms with E-state index in [0.29, 0.717) is 17.2 Å². The Balaban J connectivity index is 1.73. The van der Waals surface area contributed by atoms with Crippen molar-refractivity contribution in [2.24, 2.45) is 5.92 Å². The zero-order valence-electron chi connectivity index (χ0n) is 17.9. The molecule has 1 fully saturated rings. The highest BCUT2D eigenvalue weighted by Crippen LogP contribution is 2.41. The first kappa shape index (κ1) is 21.8. The minimum Gasteiger partial charge on any atom is -0.352 e. The summed E-state index contributed by atoms with van der Waals surface area (Å²) in [5.74, 6) is 0.324. The molecule has 1 aliphatic carbocycles. The van der Waals surface area contributed by atoms with Gasteiger partial charge in [-0.25, -0.2) is 8.42 Å². The van der Waals surface area contributed by atoms with Crippen LogP contribution in [0.5, 0.6) is 0 Å². The van der Waals surface area contributed by atoms with Crippen molar-refractivity contribution in [3.8, 4) is 0 Å². The van der Waals surface area contributed by atoms with Crippen LogP contribution in [-0.2, 0) is 25.0 Å². The molecular weight excluding hydrogens is 390 g/mol. The van der Waals surface area contributed by atoms with Gasteiger partial charge in [-0.15, -0.1) is 0 Å². The molecule has 1 heterocycles. The number of amides is 2. The largest absolute Gasteiger partial charge is 0.352 e. The first-order chi connectivity index (χ1) is 13.4. The molecule has 29 heavy (non-hydrogen) atoms. The van der Waals surface area contributed by atoms with Crippen molar-refractivity contribution in [2.45, 2.75) is 62.8 Å². The average Bonchev–Trinajstić information content (AvgIpc) is 2.83. The molecule has 160 valence electrons. The number of rotatable bonds is 5. The van der Waals surface area contributed by atoms with Gasteiger partial charge in [0.15, 0.2) is 0 Å². The molecule has 0 aromatic heterocycles. The summed E-state index contributed by atoms with van der Waals surface area (Å²) in [5.41, 5.74) is 0.607. The number of carbonyl (C=O) groups excluding carboxylic acids is 2. The zero-order valence-corrected chi connectivity index (χ0v) is 18.7. The molecule has 0 radical (unpaired) electrons. The van der Waals surface area contributed by atoms with Crippen molar-refractivity contribution in [1.29, 1.82) is 0 Å². The van der Waals surface area contributed by atoms with Gasteiger partial charge in [0.1, 0.15) is 0 Å². The summed E-state index contributed by atoms with van der Waals surface area (Å²) in [5, 5.41) is 2.96. The Bertz CT molecular complexity index is 918. The van der Waals surface area contributed by atoms with Gasteiger partial charge in [-0.05, 0) is 69.2 Å². The summed E-state index contributed by atoms with van der Waals surface area (Å²) >= 11 is 0. The lowest BCUT2D eigenvalue weighted by Crippen LogP contribution is -2.43. The number of hydrogen-bond donors (Lipinski definition) is 1. The molecule has 0 saturated heterocycles. The SMILES string of the molecule is CC1CCC(NC(=O)CN(C)S(=O)(=O)c2ccc3c(c2)C(C)(C)C(=O)N3C)CC1. The van der Waals surface area contributed by atoms with Gasteiger partial charge in [-0.3, -0.25) is 9.59 Å². The first-order valence-corrected chi connectivity index (χ1v) is 11.6. The number of anilines is 1. The molecule has 1 aromatic carbocycles. The minimum atomic E-state index is -3.85. The number of carbonyl (C=O) groups is 2. The van der Waals surface area contributed by atoms with Crippen molar-refractivity contribution in [3.05, 3.63) is 23.8 Å². The molecule has 1 saturated carbocycles. The van der Waals surface area contributed by atoms with E-state index in [-0.39, 0.29) is 29.3 Å². The van der Waals surface area contributed by atoms with Gasteiger partial charge < -0.3 is 10.2 Å². The zero-order chi connectivity index (χ0) is 21.6. The summed E-state index contributed by atoms with van der Waals surface area (Å²) in [4.78, 5) is 26.5. The highest BCUT2D eigenvalue weighted by Gasteiger charge is 2.43. The molecule has 8 heteroatoms. The van der Waals surface area contributed by atoms with Crippen molar-refractivity contribution < 1.29 is 18.0 Å². The predicted octanol–water partition coefficient (Wildman–Crippen LogP) is 2.26. The van der Waals surface area contributed by atoms with Crippen LogP contribution in [-0.4, -0.2) is 51.2 Å². The maximum atomic E-state index is 13.0. The van der Waals surface area contributed by atoms with E-state index < -0.39 is 15.4 Å². The van der Waals surface area contributed by atoms with Crippen LogP contribution in [0.25, 0.3) is 0 Å². The first-order valence-electron chi connectivity index (χ1n) is 10.1. The van der Waals surface area contributed by atoms with Gasteiger partial charge in [-0.2, -0.15) is 4.31 Å². The summed E-state index contributed by atoms with van der Waals surface area (Å²) in [6.07, 6.45) is 4.03. The molecular formula is C21H31N3O4S. The summed E-state index contributed by atoms with van der Waals surface area (Å²) in [6.45, 7) is 5.56. The molecule has 1 N–H and O–H groups in total. The number of nitrogens with zero attached hydrogens (tertiary/aromatic N) is 2. The van der Waals surface area contributed by atoms with Crippen LogP contribution >= 0.6 is 0 Å². The second-order valence-corrected chi connectivity index (χ2v) is 11.0. The lowest BCUT2D eigenvalue weighted by Gasteiger charge is -2.27. The highest BCUT2D eigenvalue weighted by atomic mass is 32.2. The quantitative estimate of drug-likeness (QED) is 0.790. The standard InChI is InChI=1S/C21H31N3O4S/c1-14-6-8-15(9-7-14)22-19(25)13-23(4)29(27,28)16-10-11-18-17(12-16)21(2,3)20(26)24(18)5/h10-12,14-15H,6-9,13H2,1-5H3,(H,22,25). The highest BCUT2D eigenvalue weighted by molar-refractivity contribution is 7.89. The number of hydrogen-bond acceptors (Lipinski definition) is 4. The van der Waals surface area contributed by atoms with E-state index >= 15 is 0 Å². The summed E-state index contributed by atoms with van der Waals surface area (Å²) < 4.78 is 27.1. The lowest BCUT2D eigenvalue weighted by molar-refractivity contribution is -0.122. The summed E-state index contributed by atoms with van der Waals surface area (Å²) in [7, 11) is -0.750. The van der Waals surface area contributed by atoms with E-state index in [1.54, 1.807) is 37.9 Å². The van der Waals surface area contributed by atoms with Crippen LogP contribution in [0.3, 0.4) is 0 Å². The van der Waals surface area contributed by atoms with Crippen molar-refractivity contribution in [3.63, 3.8) is 0 Å². The molecule has 1 aromatic rings. The van der Waals surface area contributed by atoms with Crippen LogP contribution in [0, 0.1) is 5.92 Å². The Labute approximate surface area is 173 Å². The Kier molecular flexibility index (Phi) is 5.80. The van der Waals surface area contributed by atoms with Crippen molar-refractivity contribution in [1.82, 2.24) is 9.62 Å². The molecule has 0 unspecified atom stereocenters. The van der Waals surface area contributed by atoms with E-state index in [2.05, 4.69) is 12.2 Å². The molecule has 1 aliphatic heterocycles. The van der Waals surface area contributed by atoms with Crippen molar-refractivity contribution >= 4 is 27.5 Å². The maximum absolute atomic E-state index is 13.0. The Morgan fingerprint density at radius 2 is 1.86 bits per heavy atom. The van der Waals surface area contributed by atoms with Crippen LogP contribution in [0.4, 0.5) is 5.69 Å². The van der Waals surface area contributed by atoms with Crippen LogP contribution < -0.4 is 10.2 Å². The lowest BCUT2D eigenvalue weighted by atomic mass is 9.86. The monoisotopic (exact) mass is 421 g/mol. The van der Waals surface area contributed by atoms with Crippen LogP contribution in [0.15, 0.2) is 23.1 Å². The van der Waals surface area contributed by atoms with Gasteiger partial charge in [0, 0.05) is 25.8 Å². The fourth-order valence-electron chi connectivity index (χ4n) is 4.26. The number of benzene rings is 1. The Hall–Kier alpha value is -1.93. The number of nitrogens with one attached hydrogen (secondary N) is 1. The number of likely N-dealkylation sites (N-methyl/N-ethyl adjacent to an activating group) is 2. The molecule has 2 aliphatic rings. The van der Waals surface area contributed by atoms with Crippen LogP contribution in [0.2, 0.25) is 0 Å². The average molecular weight is 422 g/mol. The van der Waals surface area contributed by atoms with Crippen LogP contribution in [0.1, 0.15) is 52.0 Å². The molecule has 0 atom stereocenters. The molecule has 0 bridgehead atoms. The van der Waals surface area contributed by atoms with E-state index in [1.165, 1.54) is 13.1 Å². The topological polar surface area (TPSA) is 86.8 Å². The molecule has 3 rings (SSSR count). The number of fused-ring (bicyclic) bond motifs is 1. The maximum Gasteiger partial charge on any atom is 0.243 e. The molecule has 2 amide bonds. The second-order valence-electron chi connectivity index (χ2n) is 8.95. The third-order valence-electron chi connectivity index (χ3n) is 6.30. The Morgan fingerprint density at radius 1 is 1.24 bits per heavy atom. The van der Waals surface area contributed by atoms with E-state index in [9.17, 15) is 18.0 Å². The normalized spacial score (nSPS) is 23.9. The molecule has 7 nitrogen and oxygen atoms in total. The fraction of sp³-hybridized carbons (Fsp3) is 0.619. The van der Waals surface area contributed by atoms with Gasteiger partial charge in [0.05, 0.1) is 16.9 Å². The second kappa shape index (κ2) is 7.72. The van der Waals surface area contributed by atoms with E-state index in [4.69, 9.17) is 0 Å². The van der Waals surface area contributed by atoms with Gasteiger partial charge in [-0.1, -0.05) is 6.92 Å². The van der Waals surface area contributed by atoms with E-state index in [0.717, 1.165) is 30.0 Å². The van der Waals surface area contributed by atoms with Gasteiger partial charge in [0.25, 0.3) is 0 Å². The smallest absolute Gasteiger partial charge is 0.243 e. The van der Waals surface area contributed by atoms with Gasteiger partial charge >= 0.3 is 0 Å². The summed E-state index contributed by atoms with van der Waals surface area (Å²) in [6, 6.07) is 4.84. The minimum absolute atomic E-state index is 0.0726. The number of sulfonamides is 1. The molecule has 0 spiro atoms. The van der Waals surface area contributed by atoms with Crippen molar-refractivity contribution in [2.75, 3.05) is 25.5 Å². The third kappa shape index (κ3) is 4.05. The fourth-order valence-corrected chi connectivity index (χ4v) is 5.41. The van der Waals surface area contributed by atoms with Gasteiger partial charge in [0.2, 0.25) is 21.8 Å². The van der Waals surface area contributed by atoms with E-state index in [1.807, 2.05) is 0 Å².